The lowest BCUT2D eigenvalue weighted by atomic mass is 9.95. The van der Waals surface area contributed by atoms with Crippen molar-refractivity contribution in [3.05, 3.63) is 29.8 Å². The summed E-state index contributed by atoms with van der Waals surface area (Å²) in [6.07, 6.45) is 5.99. The van der Waals surface area contributed by atoms with Crippen LogP contribution in [0.2, 0.25) is 0 Å². The second-order valence-corrected chi connectivity index (χ2v) is 7.95. The van der Waals surface area contributed by atoms with Crippen molar-refractivity contribution in [2.75, 3.05) is 11.0 Å². The van der Waals surface area contributed by atoms with E-state index >= 15 is 0 Å². The number of sulfonamides is 1. The zero-order valence-electron chi connectivity index (χ0n) is 12.0. The van der Waals surface area contributed by atoms with Crippen LogP contribution >= 0.6 is 0 Å². The van der Waals surface area contributed by atoms with Crippen molar-refractivity contribution in [1.82, 2.24) is 5.32 Å². The first kappa shape index (κ1) is 14.4. The van der Waals surface area contributed by atoms with Gasteiger partial charge in [-0.1, -0.05) is 6.42 Å². The molecule has 3 rings (SSSR count). The molecule has 0 aromatic heterocycles. The van der Waals surface area contributed by atoms with Gasteiger partial charge in [0.2, 0.25) is 10.0 Å². The van der Waals surface area contributed by atoms with Gasteiger partial charge in [0.15, 0.2) is 0 Å². The second-order valence-electron chi connectivity index (χ2n) is 6.21. The van der Waals surface area contributed by atoms with Crippen molar-refractivity contribution < 1.29 is 13.2 Å². The summed E-state index contributed by atoms with van der Waals surface area (Å²) < 4.78 is 24.6. The number of benzene rings is 1. The topological polar surface area (TPSA) is 75.3 Å². The fraction of sp³-hybridized carbons (Fsp3) is 0.533. The summed E-state index contributed by atoms with van der Waals surface area (Å²) in [5, 5.41) is 3.12. The van der Waals surface area contributed by atoms with Gasteiger partial charge < -0.3 is 5.32 Å². The molecule has 2 saturated carbocycles. The first-order valence-electron chi connectivity index (χ1n) is 7.29. The largest absolute Gasteiger partial charge is 0.349 e. The van der Waals surface area contributed by atoms with Gasteiger partial charge in [-0.05, 0) is 55.4 Å². The number of hydrogen-bond donors (Lipinski definition) is 2. The molecule has 1 aromatic carbocycles. The van der Waals surface area contributed by atoms with Crippen molar-refractivity contribution in [3.63, 3.8) is 0 Å². The number of hydrogen-bond acceptors (Lipinski definition) is 3. The van der Waals surface area contributed by atoms with E-state index in [0.717, 1.165) is 18.6 Å². The highest BCUT2D eigenvalue weighted by Gasteiger charge is 2.40. The summed E-state index contributed by atoms with van der Waals surface area (Å²) in [5.74, 6) is 1.37. The Morgan fingerprint density at radius 3 is 2.38 bits per heavy atom. The second kappa shape index (κ2) is 5.33. The Labute approximate surface area is 125 Å². The zero-order valence-corrected chi connectivity index (χ0v) is 12.8. The molecule has 2 N–H and O–H groups in total. The van der Waals surface area contributed by atoms with Crippen molar-refractivity contribution >= 4 is 21.6 Å². The van der Waals surface area contributed by atoms with Crippen LogP contribution in [0.5, 0.6) is 0 Å². The lowest BCUT2D eigenvalue weighted by molar-refractivity contribution is 0.0923. The molecule has 6 heteroatoms. The summed E-state index contributed by atoms with van der Waals surface area (Å²) in [6, 6.07) is 6.82. The van der Waals surface area contributed by atoms with Gasteiger partial charge in [0.05, 0.1) is 6.26 Å². The van der Waals surface area contributed by atoms with Gasteiger partial charge in [-0.15, -0.1) is 0 Å². The first-order valence-corrected chi connectivity index (χ1v) is 9.18. The Kier molecular flexibility index (Phi) is 3.65. The quantitative estimate of drug-likeness (QED) is 0.893. The maximum Gasteiger partial charge on any atom is 0.251 e. The minimum absolute atomic E-state index is 0.0709. The third kappa shape index (κ3) is 3.37. The van der Waals surface area contributed by atoms with E-state index < -0.39 is 10.0 Å². The molecule has 2 fully saturated rings. The van der Waals surface area contributed by atoms with Gasteiger partial charge in [-0.3, -0.25) is 9.52 Å². The fourth-order valence-electron chi connectivity index (χ4n) is 3.58. The first-order chi connectivity index (χ1) is 9.90. The van der Waals surface area contributed by atoms with Crippen molar-refractivity contribution in [2.45, 2.75) is 31.7 Å². The number of carbonyl (C=O) groups excluding carboxylic acids is 1. The average Bonchev–Trinajstić information content (AvgIpc) is 3.00. The van der Waals surface area contributed by atoms with Crippen LogP contribution in [-0.4, -0.2) is 26.6 Å². The van der Waals surface area contributed by atoms with Crippen LogP contribution in [0, 0.1) is 11.8 Å². The molecule has 2 aliphatic rings. The molecule has 1 aromatic rings. The minimum Gasteiger partial charge on any atom is -0.349 e. The molecule has 2 aliphatic carbocycles. The molecule has 0 heterocycles. The number of carbonyl (C=O) groups is 1. The molecular weight excluding hydrogens is 288 g/mol. The zero-order chi connectivity index (χ0) is 15.0. The number of fused-ring (bicyclic) bond motifs is 2. The summed E-state index contributed by atoms with van der Waals surface area (Å²) in [7, 11) is -3.29. The molecule has 0 unspecified atom stereocenters. The average molecular weight is 308 g/mol. The third-order valence-electron chi connectivity index (χ3n) is 4.50. The van der Waals surface area contributed by atoms with Gasteiger partial charge in [-0.25, -0.2) is 8.42 Å². The Morgan fingerprint density at radius 2 is 1.86 bits per heavy atom. The van der Waals surface area contributed by atoms with Crippen molar-refractivity contribution in [3.8, 4) is 0 Å². The normalized spacial score (nSPS) is 27.6. The molecule has 3 atom stereocenters. The lowest BCUT2D eigenvalue weighted by Crippen LogP contribution is -2.38. The van der Waals surface area contributed by atoms with E-state index in [9.17, 15) is 13.2 Å². The Bertz CT molecular complexity index is 639. The number of nitrogens with one attached hydrogen (secondary N) is 2. The van der Waals surface area contributed by atoms with Gasteiger partial charge in [0, 0.05) is 17.3 Å². The monoisotopic (exact) mass is 308 g/mol. The van der Waals surface area contributed by atoms with Gasteiger partial charge in [0.25, 0.3) is 5.91 Å². The molecule has 1 amide bonds. The fourth-order valence-corrected chi connectivity index (χ4v) is 4.14. The number of anilines is 1. The summed E-state index contributed by atoms with van der Waals surface area (Å²) >= 11 is 0. The van der Waals surface area contributed by atoms with E-state index in [4.69, 9.17) is 0 Å². The van der Waals surface area contributed by atoms with Crippen LogP contribution in [0.4, 0.5) is 5.69 Å². The van der Waals surface area contributed by atoms with Crippen LogP contribution in [0.1, 0.15) is 36.0 Å². The van der Waals surface area contributed by atoms with Crippen LogP contribution in [0.15, 0.2) is 24.3 Å². The Morgan fingerprint density at radius 1 is 1.14 bits per heavy atom. The molecule has 0 spiro atoms. The van der Waals surface area contributed by atoms with Gasteiger partial charge in [-0.2, -0.15) is 0 Å². The summed E-state index contributed by atoms with van der Waals surface area (Å²) in [5.41, 5.74) is 1.03. The molecule has 114 valence electrons. The standard InChI is InChI=1S/C15H20N2O3S/c1-21(19,20)17-13-6-4-11(5-7-13)15(18)16-14-9-10-2-3-12(14)8-10/h4-7,10,12,14,17H,2-3,8-9H2,1H3,(H,16,18)/t10-,12+,14-/m0/s1. The lowest BCUT2D eigenvalue weighted by Gasteiger charge is -2.22. The SMILES string of the molecule is CS(=O)(=O)Nc1ccc(C(=O)N[C@H]2C[C@H]3CC[C@@H]2C3)cc1. The minimum atomic E-state index is -3.29. The van der Waals surface area contributed by atoms with E-state index in [1.807, 2.05) is 0 Å². The van der Waals surface area contributed by atoms with Crippen LogP contribution in [0.3, 0.4) is 0 Å². The van der Waals surface area contributed by atoms with Crippen LogP contribution in [0.25, 0.3) is 0 Å². The predicted molar refractivity (Wildman–Crippen MR) is 81.6 cm³/mol. The third-order valence-corrected chi connectivity index (χ3v) is 5.11. The maximum absolute atomic E-state index is 12.2. The van der Waals surface area contributed by atoms with Crippen LogP contribution in [-0.2, 0) is 10.0 Å². The highest BCUT2D eigenvalue weighted by molar-refractivity contribution is 7.92. The molecule has 0 aliphatic heterocycles. The molecule has 2 bridgehead atoms. The Balaban J connectivity index is 1.62. The van der Waals surface area contributed by atoms with E-state index in [1.165, 1.54) is 19.3 Å². The summed E-state index contributed by atoms with van der Waals surface area (Å²) in [4.78, 5) is 12.2. The number of rotatable bonds is 4. The molecular formula is C15H20N2O3S. The van der Waals surface area contributed by atoms with Crippen LogP contribution < -0.4 is 10.0 Å². The van der Waals surface area contributed by atoms with E-state index in [0.29, 0.717) is 23.2 Å². The summed E-state index contributed by atoms with van der Waals surface area (Å²) in [6.45, 7) is 0. The predicted octanol–water partition coefficient (Wildman–Crippen LogP) is 1.98. The van der Waals surface area contributed by atoms with Gasteiger partial charge >= 0.3 is 0 Å². The molecule has 21 heavy (non-hydrogen) atoms. The Hall–Kier alpha value is -1.56. The van der Waals surface area contributed by atoms with E-state index in [1.54, 1.807) is 24.3 Å². The van der Waals surface area contributed by atoms with Crippen molar-refractivity contribution in [2.24, 2.45) is 11.8 Å². The van der Waals surface area contributed by atoms with E-state index in [-0.39, 0.29) is 5.91 Å². The number of amides is 1. The molecule has 5 nitrogen and oxygen atoms in total. The maximum atomic E-state index is 12.2. The smallest absolute Gasteiger partial charge is 0.251 e. The van der Waals surface area contributed by atoms with Crippen molar-refractivity contribution in [1.29, 1.82) is 0 Å². The molecule has 0 saturated heterocycles. The highest BCUT2D eigenvalue weighted by atomic mass is 32.2. The van der Waals surface area contributed by atoms with E-state index in [2.05, 4.69) is 10.0 Å². The molecule has 0 radical (unpaired) electrons. The highest BCUT2D eigenvalue weighted by Crippen LogP contribution is 2.44. The van der Waals surface area contributed by atoms with Gasteiger partial charge in [0.1, 0.15) is 0 Å².